The maximum absolute atomic E-state index is 14.3. The number of aromatic nitrogens is 4. The van der Waals surface area contributed by atoms with Crippen LogP contribution in [-0.4, -0.2) is 44.0 Å². The lowest BCUT2D eigenvalue weighted by molar-refractivity contribution is -0.118. The van der Waals surface area contributed by atoms with Gasteiger partial charge in [-0.15, -0.1) is 0 Å². The molecule has 224 valence electrons. The fourth-order valence-electron chi connectivity index (χ4n) is 6.24. The minimum absolute atomic E-state index is 0.0174. The first-order valence-corrected chi connectivity index (χ1v) is 15.5. The summed E-state index contributed by atoms with van der Waals surface area (Å²) in [4.78, 5) is 15.6. The molecule has 2 aromatic heterocycles. The summed E-state index contributed by atoms with van der Waals surface area (Å²) >= 11 is 0. The van der Waals surface area contributed by atoms with Crippen molar-refractivity contribution in [2.24, 2.45) is 7.05 Å². The largest absolute Gasteiger partial charge is 0.340 e. The smallest absolute Gasteiger partial charge is 0.264 e. The third-order valence-corrected chi connectivity index (χ3v) is 8.04. The van der Waals surface area contributed by atoms with E-state index in [-0.39, 0.29) is 5.56 Å². The standard InChI is InChI=1S/C27H32F2N6O.C3H8.C2H6/c1-32-15-19(14-30-32)21-12-18-6-5-10-34(25(18)13-22(21)26(28)29)27-23-16-33(17-36)11-9-24(23)35(31-27)20-7-3-2-4-8-20;1-3-2;1-2/h12-15,17,20,26H,2-11,16H2,1H3;3H2,1-2H3;1-2H3. The molecule has 1 aromatic carbocycles. The molecule has 0 bridgehead atoms. The van der Waals surface area contributed by atoms with Gasteiger partial charge in [0.2, 0.25) is 6.41 Å². The van der Waals surface area contributed by atoms with Crippen LogP contribution in [0.3, 0.4) is 0 Å². The van der Waals surface area contributed by atoms with Crippen LogP contribution in [0, 0.1) is 0 Å². The van der Waals surface area contributed by atoms with Crippen molar-refractivity contribution in [1.29, 1.82) is 0 Å². The van der Waals surface area contributed by atoms with E-state index < -0.39 is 6.43 Å². The number of carbonyl (C=O) groups is 1. The highest BCUT2D eigenvalue weighted by Gasteiger charge is 2.33. The van der Waals surface area contributed by atoms with E-state index in [1.165, 1.54) is 31.4 Å². The van der Waals surface area contributed by atoms with Gasteiger partial charge < -0.3 is 9.80 Å². The highest BCUT2D eigenvalue weighted by atomic mass is 19.3. The SMILES string of the molecule is CC.CCC.Cn1cc(-c2cc3c(cc2C(F)F)N(c2nn(C4CCCCC4)c4c2CN(C=O)CC4)CCC3)cn1. The highest BCUT2D eigenvalue weighted by molar-refractivity contribution is 5.77. The topological polar surface area (TPSA) is 59.2 Å². The van der Waals surface area contributed by atoms with Crippen molar-refractivity contribution < 1.29 is 13.6 Å². The van der Waals surface area contributed by atoms with Crippen molar-refractivity contribution in [2.75, 3.05) is 18.0 Å². The van der Waals surface area contributed by atoms with Gasteiger partial charge in [-0.1, -0.05) is 53.4 Å². The summed E-state index contributed by atoms with van der Waals surface area (Å²) in [6, 6.07) is 3.95. The number of hydrogen-bond donors (Lipinski definition) is 0. The zero-order valence-corrected chi connectivity index (χ0v) is 25.4. The molecule has 0 radical (unpaired) electrons. The summed E-state index contributed by atoms with van der Waals surface area (Å²) in [6.45, 7) is 10.2. The van der Waals surface area contributed by atoms with E-state index in [2.05, 4.69) is 28.5 Å². The lowest BCUT2D eigenvalue weighted by atomic mass is 9.92. The number of rotatable bonds is 5. The van der Waals surface area contributed by atoms with Crippen LogP contribution in [-0.2, 0) is 31.2 Å². The molecular weight excluding hydrogens is 522 g/mol. The quantitative estimate of drug-likeness (QED) is 0.295. The van der Waals surface area contributed by atoms with Crippen LogP contribution in [0.5, 0.6) is 0 Å². The predicted octanol–water partition coefficient (Wildman–Crippen LogP) is 7.77. The number of aryl methyl sites for hydroxylation is 2. The number of carbonyl (C=O) groups excluding carboxylic acids is 1. The van der Waals surface area contributed by atoms with E-state index in [0.717, 1.165) is 67.7 Å². The number of nitrogens with zero attached hydrogens (tertiary/aromatic N) is 6. The van der Waals surface area contributed by atoms with E-state index in [9.17, 15) is 13.6 Å². The molecule has 7 nitrogen and oxygen atoms in total. The first-order valence-electron chi connectivity index (χ1n) is 15.5. The fraction of sp³-hybridized carbons (Fsp3) is 0.594. The monoisotopic (exact) mass is 568 g/mol. The average molecular weight is 569 g/mol. The molecule has 1 fully saturated rings. The highest BCUT2D eigenvalue weighted by Crippen LogP contribution is 2.43. The molecule has 0 atom stereocenters. The van der Waals surface area contributed by atoms with Crippen LogP contribution in [0.1, 0.15) is 107 Å². The maximum Gasteiger partial charge on any atom is 0.264 e. The second kappa shape index (κ2) is 14.1. The maximum atomic E-state index is 14.3. The second-order valence-corrected chi connectivity index (χ2v) is 11.0. The molecule has 3 aromatic rings. The second-order valence-electron chi connectivity index (χ2n) is 11.0. The Balaban J connectivity index is 0.000000728. The molecule has 3 aliphatic rings. The molecule has 1 aliphatic carbocycles. The first-order chi connectivity index (χ1) is 19.9. The molecule has 0 saturated heterocycles. The third kappa shape index (κ3) is 6.49. The zero-order chi connectivity index (χ0) is 29.5. The molecule has 1 amide bonds. The van der Waals surface area contributed by atoms with E-state index in [0.29, 0.717) is 30.3 Å². The number of halogens is 2. The number of hydrogen-bond acceptors (Lipinski definition) is 4. The third-order valence-electron chi connectivity index (χ3n) is 8.04. The van der Waals surface area contributed by atoms with E-state index in [4.69, 9.17) is 5.10 Å². The molecule has 0 unspecified atom stereocenters. The lowest BCUT2D eigenvalue weighted by Gasteiger charge is -2.33. The Bertz CT molecular complexity index is 1290. The summed E-state index contributed by atoms with van der Waals surface area (Å²) in [6.07, 6.45) is 11.4. The van der Waals surface area contributed by atoms with Crippen molar-refractivity contribution in [2.45, 2.75) is 104 Å². The van der Waals surface area contributed by atoms with Crippen LogP contribution < -0.4 is 4.90 Å². The van der Waals surface area contributed by atoms with Gasteiger partial charge >= 0.3 is 0 Å². The lowest BCUT2D eigenvalue weighted by Crippen LogP contribution is -2.32. The van der Waals surface area contributed by atoms with Crippen LogP contribution in [0.4, 0.5) is 20.3 Å². The Morgan fingerprint density at radius 3 is 2.41 bits per heavy atom. The van der Waals surface area contributed by atoms with Crippen molar-refractivity contribution in [1.82, 2.24) is 24.5 Å². The number of anilines is 2. The molecule has 0 N–H and O–H groups in total. The first kappa shape index (κ1) is 30.7. The number of alkyl halides is 2. The Morgan fingerprint density at radius 2 is 1.78 bits per heavy atom. The average Bonchev–Trinajstić information content (AvgIpc) is 3.61. The van der Waals surface area contributed by atoms with Gasteiger partial charge in [-0.05, 0) is 48.9 Å². The summed E-state index contributed by atoms with van der Waals surface area (Å²) in [5, 5.41) is 9.36. The molecule has 2 aliphatic heterocycles. The van der Waals surface area contributed by atoms with Crippen LogP contribution in [0.2, 0.25) is 0 Å². The van der Waals surface area contributed by atoms with Crippen molar-refractivity contribution >= 4 is 17.9 Å². The molecule has 1 saturated carbocycles. The minimum Gasteiger partial charge on any atom is -0.340 e. The van der Waals surface area contributed by atoms with E-state index >= 15 is 0 Å². The van der Waals surface area contributed by atoms with Gasteiger partial charge in [0.15, 0.2) is 5.82 Å². The van der Waals surface area contributed by atoms with Crippen LogP contribution in [0.15, 0.2) is 24.5 Å². The van der Waals surface area contributed by atoms with Gasteiger partial charge in [0.05, 0.1) is 18.8 Å². The van der Waals surface area contributed by atoms with Gasteiger partial charge in [-0.25, -0.2) is 8.78 Å². The predicted molar refractivity (Wildman–Crippen MR) is 161 cm³/mol. The van der Waals surface area contributed by atoms with Crippen molar-refractivity contribution in [3.63, 3.8) is 0 Å². The minimum atomic E-state index is -2.60. The normalized spacial score (nSPS) is 16.8. The number of fused-ring (bicyclic) bond motifs is 2. The molecule has 41 heavy (non-hydrogen) atoms. The zero-order valence-electron chi connectivity index (χ0n) is 25.4. The summed E-state index contributed by atoms with van der Waals surface area (Å²) in [5.41, 5.74) is 5.40. The van der Waals surface area contributed by atoms with Gasteiger partial charge in [0, 0.05) is 60.8 Å². The number of amides is 1. The molecular formula is C32H46F2N6O. The fourth-order valence-corrected chi connectivity index (χ4v) is 6.24. The van der Waals surface area contributed by atoms with Crippen LogP contribution >= 0.6 is 0 Å². The van der Waals surface area contributed by atoms with E-state index in [1.807, 2.05) is 19.9 Å². The number of benzene rings is 1. The summed E-state index contributed by atoms with van der Waals surface area (Å²) < 4.78 is 32.5. The Labute approximate surface area is 243 Å². The molecule has 9 heteroatoms. The molecule has 0 spiro atoms. The van der Waals surface area contributed by atoms with Gasteiger partial charge in [-0.3, -0.25) is 14.2 Å². The van der Waals surface area contributed by atoms with Gasteiger partial charge in [0.1, 0.15) is 0 Å². The summed E-state index contributed by atoms with van der Waals surface area (Å²) in [7, 11) is 1.79. The Kier molecular flexibility index (Phi) is 10.6. The Hall–Kier alpha value is -3.23. The van der Waals surface area contributed by atoms with Crippen molar-refractivity contribution in [3.8, 4) is 11.1 Å². The summed E-state index contributed by atoms with van der Waals surface area (Å²) in [5.74, 6) is 0.831. The van der Waals surface area contributed by atoms with Crippen LogP contribution in [0.25, 0.3) is 11.1 Å². The molecule has 6 rings (SSSR count). The van der Waals surface area contributed by atoms with E-state index in [1.54, 1.807) is 35.1 Å². The van der Waals surface area contributed by atoms with Gasteiger partial charge in [0.25, 0.3) is 6.43 Å². The molecule has 4 heterocycles. The Morgan fingerprint density at radius 1 is 1.05 bits per heavy atom. The van der Waals surface area contributed by atoms with Gasteiger partial charge in [-0.2, -0.15) is 10.2 Å². The van der Waals surface area contributed by atoms with Crippen molar-refractivity contribution in [3.05, 3.63) is 46.9 Å².